The summed E-state index contributed by atoms with van der Waals surface area (Å²) in [5, 5.41) is 15.2. The lowest BCUT2D eigenvalue weighted by Crippen LogP contribution is -2.16. The van der Waals surface area contributed by atoms with E-state index in [4.69, 9.17) is 14.6 Å². The van der Waals surface area contributed by atoms with Gasteiger partial charge in [0.1, 0.15) is 11.9 Å². The number of thiophene rings is 1. The van der Waals surface area contributed by atoms with Gasteiger partial charge in [0.25, 0.3) is 5.97 Å². The first-order chi connectivity index (χ1) is 12.5. The summed E-state index contributed by atoms with van der Waals surface area (Å²) < 4.78 is 6.43. The first-order valence-corrected chi connectivity index (χ1v) is 9.43. The number of aliphatic carboxylic acids is 1. The van der Waals surface area contributed by atoms with Gasteiger partial charge in [-0.25, -0.2) is 0 Å². The number of hydrogen-bond acceptors (Lipinski definition) is 4. The van der Waals surface area contributed by atoms with Crippen LogP contribution < -0.4 is 10.1 Å². The summed E-state index contributed by atoms with van der Waals surface area (Å²) >= 11 is 1.78. The fraction of sp³-hybridized carbons (Fsp3) is 0.286. The summed E-state index contributed by atoms with van der Waals surface area (Å²) in [4.78, 5) is 10.3. The van der Waals surface area contributed by atoms with Crippen molar-refractivity contribution in [2.24, 2.45) is 0 Å². The predicted octanol–water partition coefficient (Wildman–Crippen LogP) is 5.03. The Morgan fingerprint density at radius 3 is 2.54 bits per heavy atom. The first kappa shape index (κ1) is 19.9. The van der Waals surface area contributed by atoms with Crippen LogP contribution in [0.4, 0.5) is 0 Å². The highest BCUT2D eigenvalue weighted by Gasteiger charge is 2.17. The fourth-order valence-electron chi connectivity index (χ4n) is 2.68. The SMILES string of the molecule is CC(=O)O.CNCCC(Oc1cccc2ccccc12)c1sccc1C. The van der Waals surface area contributed by atoms with E-state index < -0.39 is 5.97 Å². The molecule has 0 saturated carbocycles. The zero-order chi connectivity index (χ0) is 18.9. The number of carboxylic acid groups (broad SMARTS) is 1. The van der Waals surface area contributed by atoms with Crippen molar-refractivity contribution in [1.82, 2.24) is 5.32 Å². The minimum atomic E-state index is -0.833. The molecular weight excluding hydrogens is 346 g/mol. The highest BCUT2D eigenvalue weighted by molar-refractivity contribution is 7.10. The summed E-state index contributed by atoms with van der Waals surface area (Å²) in [6.45, 7) is 4.18. The Labute approximate surface area is 158 Å². The molecule has 4 nitrogen and oxygen atoms in total. The number of fused-ring (bicyclic) bond motifs is 1. The molecule has 5 heteroatoms. The van der Waals surface area contributed by atoms with Crippen LogP contribution in [0.5, 0.6) is 5.75 Å². The van der Waals surface area contributed by atoms with Gasteiger partial charge in [-0.2, -0.15) is 0 Å². The van der Waals surface area contributed by atoms with Crippen LogP contribution in [0.15, 0.2) is 53.9 Å². The summed E-state index contributed by atoms with van der Waals surface area (Å²) in [7, 11) is 1.98. The largest absolute Gasteiger partial charge is 0.484 e. The van der Waals surface area contributed by atoms with Crippen LogP contribution in [0.1, 0.15) is 29.9 Å². The molecule has 0 spiro atoms. The van der Waals surface area contributed by atoms with Crippen molar-refractivity contribution in [2.75, 3.05) is 13.6 Å². The molecule has 0 saturated heterocycles. The highest BCUT2D eigenvalue weighted by atomic mass is 32.1. The van der Waals surface area contributed by atoms with Gasteiger partial charge in [0, 0.05) is 23.6 Å². The second-order valence-electron chi connectivity index (χ2n) is 5.96. The normalized spacial score (nSPS) is 11.5. The van der Waals surface area contributed by atoms with Gasteiger partial charge in [-0.15, -0.1) is 11.3 Å². The third-order valence-electron chi connectivity index (χ3n) is 3.87. The molecule has 0 aliphatic rings. The van der Waals surface area contributed by atoms with Crippen molar-refractivity contribution in [1.29, 1.82) is 0 Å². The first-order valence-electron chi connectivity index (χ1n) is 8.55. The number of rotatable bonds is 6. The quantitative estimate of drug-likeness (QED) is 0.638. The second-order valence-corrected chi connectivity index (χ2v) is 6.91. The molecule has 1 aromatic heterocycles. The van der Waals surface area contributed by atoms with Gasteiger partial charge < -0.3 is 15.2 Å². The van der Waals surface area contributed by atoms with Gasteiger partial charge in [-0.05, 0) is 49.0 Å². The van der Waals surface area contributed by atoms with Gasteiger partial charge in [0.15, 0.2) is 0 Å². The molecule has 3 aromatic rings. The molecule has 0 radical (unpaired) electrons. The van der Waals surface area contributed by atoms with E-state index in [9.17, 15) is 0 Å². The molecule has 0 fully saturated rings. The molecule has 3 rings (SSSR count). The molecular formula is C21H25NO3S. The highest BCUT2D eigenvalue weighted by Crippen LogP contribution is 2.34. The standard InChI is InChI=1S/C19H21NOS.C2H4O2/c1-14-11-13-22-19(14)18(10-12-20-2)21-17-9-5-7-15-6-3-4-8-16(15)17;1-2(3)4/h3-9,11,13,18,20H,10,12H2,1-2H3;1H3,(H,3,4). The Morgan fingerprint density at radius 1 is 1.19 bits per heavy atom. The third kappa shape index (κ3) is 5.58. The molecule has 138 valence electrons. The van der Waals surface area contributed by atoms with Crippen LogP contribution in [0.25, 0.3) is 10.8 Å². The Hall–Kier alpha value is -2.37. The molecule has 1 heterocycles. The number of ether oxygens (including phenoxy) is 1. The lowest BCUT2D eigenvalue weighted by molar-refractivity contribution is -0.134. The van der Waals surface area contributed by atoms with Crippen molar-refractivity contribution in [3.63, 3.8) is 0 Å². The number of hydrogen-bond donors (Lipinski definition) is 2. The maximum atomic E-state index is 9.00. The average Bonchev–Trinajstić information content (AvgIpc) is 3.04. The van der Waals surface area contributed by atoms with Gasteiger partial charge in [0.05, 0.1) is 0 Å². The number of aryl methyl sites for hydroxylation is 1. The Bertz CT molecular complexity index is 835. The van der Waals surface area contributed by atoms with E-state index in [1.54, 1.807) is 11.3 Å². The van der Waals surface area contributed by atoms with Crippen molar-refractivity contribution in [2.45, 2.75) is 26.4 Å². The number of benzene rings is 2. The lowest BCUT2D eigenvalue weighted by Gasteiger charge is -2.20. The van der Waals surface area contributed by atoms with E-state index >= 15 is 0 Å². The van der Waals surface area contributed by atoms with Gasteiger partial charge in [-0.1, -0.05) is 36.4 Å². The van der Waals surface area contributed by atoms with Crippen molar-refractivity contribution >= 4 is 28.1 Å². The molecule has 0 aliphatic carbocycles. The summed E-state index contributed by atoms with van der Waals surface area (Å²) in [5.74, 6) is 0.131. The molecule has 0 bridgehead atoms. The van der Waals surface area contributed by atoms with Crippen LogP contribution in [0, 0.1) is 6.92 Å². The van der Waals surface area contributed by atoms with E-state index in [-0.39, 0.29) is 6.10 Å². The summed E-state index contributed by atoms with van der Waals surface area (Å²) in [6.07, 6.45) is 1.06. The number of carboxylic acids is 1. The molecule has 1 atom stereocenters. The van der Waals surface area contributed by atoms with E-state index in [1.165, 1.54) is 21.2 Å². The maximum Gasteiger partial charge on any atom is 0.300 e. The van der Waals surface area contributed by atoms with E-state index in [2.05, 4.69) is 66.2 Å². The molecule has 26 heavy (non-hydrogen) atoms. The van der Waals surface area contributed by atoms with Crippen LogP contribution in [-0.2, 0) is 4.79 Å². The third-order valence-corrected chi connectivity index (χ3v) is 4.98. The summed E-state index contributed by atoms with van der Waals surface area (Å²) in [5.41, 5.74) is 1.31. The molecule has 2 aromatic carbocycles. The van der Waals surface area contributed by atoms with E-state index in [0.717, 1.165) is 25.6 Å². The monoisotopic (exact) mass is 371 g/mol. The fourth-order valence-corrected chi connectivity index (χ4v) is 3.68. The average molecular weight is 372 g/mol. The second kappa shape index (κ2) is 9.94. The zero-order valence-electron chi connectivity index (χ0n) is 15.4. The van der Waals surface area contributed by atoms with Crippen molar-refractivity contribution < 1.29 is 14.6 Å². The molecule has 0 amide bonds. The Morgan fingerprint density at radius 2 is 1.88 bits per heavy atom. The van der Waals surface area contributed by atoms with Crippen molar-refractivity contribution in [3.05, 3.63) is 64.4 Å². The van der Waals surface area contributed by atoms with E-state index in [0.29, 0.717) is 0 Å². The molecule has 2 N–H and O–H groups in total. The Balaban J connectivity index is 0.000000552. The predicted molar refractivity (Wildman–Crippen MR) is 108 cm³/mol. The van der Waals surface area contributed by atoms with E-state index in [1.807, 2.05) is 7.05 Å². The summed E-state index contributed by atoms with van der Waals surface area (Å²) in [6, 6.07) is 16.8. The van der Waals surface area contributed by atoms with Gasteiger partial charge in [-0.3, -0.25) is 4.79 Å². The smallest absolute Gasteiger partial charge is 0.300 e. The van der Waals surface area contributed by atoms with Crippen LogP contribution in [-0.4, -0.2) is 24.7 Å². The van der Waals surface area contributed by atoms with Gasteiger partial charge >= 0.3 is 0 Å². The molecule has 0 aliphatic heterocycles. The van der Waals surface area contributed by atoms with Crippen LogP contribution in [0.3, 0.4) is 0 Å². The van der Waals surface area contributed by atoms with Gasteiger partial charge in [0.2, 0.25) is 0 Å². The topological polar surface area (TPSA) is 58.6 Å². The Kier molecular flexibility index (Phi) is 7.63. The number of carbonyl (C=O) groups is 1. The maximum absolute atomic E-state index is 9.00. The minimum absolute atomic E-state index is 0.0956. The van der Waals surface area contributed by atoms with Crippen molar-refractivity contribution in [3.8, 4) is 5.75 Å². The van der Waals surface area contributed by atoms with Crippen LogP contribution >= 0.6 is 11.3 Å². The lowest BCUT2D eigenvalue weighted by atomic mass is 10.1. The zero-order valence-corrected chi connectivity index (χ0v) is 16.2. The minimum Gasteiger partial charge on any atom is -0.484 e. The number of nitrogens with one attached hydrogen (secondary N) is 1. The van der Waals surface area contributed by atoms with Crippen LogP contribution in [0.2, 0.25) is 0 Å². The molecule has 1 unspecified atom stereocenters.